The zero-order valence-corrected chi connectivity index (χ0v) is 8.03. The molecule has 0 bridgehead atoms. The Morgan fingerprint density at radius 1 is 1.33 bits per heavy atom. The molecule has 15 heavy (non-hydrogen) atoms. The molecule has 0 radical (unpaired) electrons. The van der Waals surface area contributed by atoms with Gasteiger partial charge in [-0.3, -0.25) is 5.10 Å². The van der Waals surface area contributed by atoms with Crippen molar-refractivity contribution in [2.45, 2.75) is 0 Å². The van der Waals surface area contributed by atoms with Crippen LogP contribution < -0.4 is 0 Å². The number of esters is 2. The highest BCUT2D eigenvalue weighted by molar-refractivity contribution is 6.03. The van der Waals surface area contributed by atoms with Crippen molar-refractivity contribution in [3.63, 3.8) is 0 Å². The number of carbonyl (C=O) groups is 2. The molecule has 1 aromatic rings. The van der Waals surface area contributed by atoms with Gasteiger partial charge in [-0.2, -0.15) is 10.4 Å². The Bertz CT molecular complexity index is 443. The molecule has 0 aromatic carbocycles. The van der Waals surface area contributed by atoms with Crippen molar-refractivity contribution in [1.82, 2.24) is 10.2 Å². The summed E-state index contributed by atoms with van der Waals surface area (Å²) in [6, 6.07) is 1.66. The van der Waals surface area contributed by atoms with Gasteiger partial charge >= 0.3 is 11.9 Å². The molecule has 1 heterocycles. The van der Waals surface area contributed by atoms with Gasteiger partial charge in [0.15, 0.2) is 11.4 Å². The second kappa shape index (κ2) is 4.23. The normalized spacial score (nSPS) is 9.13. The number of H-pyrrole nitrogens is 1. The molecular formula is C8H7N3O4. The van der Waals surface area contributed by atoms with E-state index in [1.165, 1.54) is 0 Å². The van der Waals surface area contributed by atoms with E-state index in [9.17, 15) is 9.59 Å². The van der Waals surface area contributed by atoms with Gasteiger partial charge in [-0.15, -0.1) is 0 Å². The van der Waals surface area contributed by atoms with Gasteiger partial charge in [0.25, 0.3) is 0 Å². The van der Waals surface area contributed by atoms with E-state index in [-0.39, 0.29) is 17.0 Å². The minimum Gasteiger partial charge on any atom is -0.465 e. The van der Waals surface area contributed by atoms with Gasteiger partial charge in [0, 0.05) is 0 Å². The number of rotatable bonds is 2. The number of carbonyl (C=O) groups excluding carboxylic acids is 2. The molecule has 0 amide bonds. The number of nitrogens with zero attached hydrogens (tertiary/aromatic N) is 2. The smallest absolute Gasteiger partial charge is 0.357 e. The molecule has 0 saturated carbocycles. The van der Waals surface area contributed by atoms with Crippen LogP contribution in [0.3, 0.4) is 0 Å². The summed E-state index contributed by atoms with van der Waals surface area (Å²) in [4.78, 5) is 22.4. The van der Waals surface area contributed by atoms with Gasteiger partial charge < -0.3 is 9.47 Å². The monoisotopic (exact) mass is 209 g/mol. The Balaban J connectivity index is 3.31. The van der Waals surface area contributed by atoms with Crippen LogP contribution in [0.15, 0.2) is 0 Å². The summed E-state index contributed by atoms with van der Waals surface area (Å²) in [7, 11) is 2.29. The number of methoxy groups -OCH3 is 2. The molecule has 1 aromatic heterocycles. The Kier molecular flexibility index (Phi) is 3.03. The van der Waals surface area contributed by atoms with E-state index < -0.39 is 11.9 Å². The number of aromatic nitrogens is 2. The molecule has 1 N–H and O–H groups in total. The largest absolute Gasteiger partial charge is 0.465 e. The van der Waals surface area contributed by atoms with Crippen molar-refractivity contribution >= 4 is 11.9 Å². The van der Waals surface area contributed by atoms with Crippen LogP contribution >= 0.6 is 0 Å². The quantitative estimate of drug-likeness (QED) is 0.679. The Morgan fingerprint density at radius 3 is 2.40 bits per heavy atom. The molecule has 0 aliphatic heterocycles. The Labute approximate surface area is 84.6 Å². The molecule has 1 rings (SSSR count). The number of hydrogen-bond acceptors (Lipinski definition) is 6. The topological polar surface area (TPSA) is 105 Å². The molecule has 0 aliphatic carbocycles. The van der Waals surface area contributed by atoms with Crippen LogP contribution in [-0.4, -0.2) is 36.4 Å². The van der Waals surface area contributed by atoms with Gasteiger partial charge in [-0.25, -0.2) is 9.59 Å². The molecule has 0 fully saturated rings. The number of aromatic amines is 1. The van der Waals surface area contributed by atoms with E-state index in [2.05, 4.69) is 19.7 Å². The first-order chi connectivity index (χ1) is 7.15. The first-order valence-corrected chi connectivity index (χ1v) is 3.80. The fraction of sp³-hybridized carbons (Fsp3) is 0.250. The van der Waals surface area contributed by atoms with Crippen molar-refractivity contribution in [3.05, 3.63) is 17.0 Å². The minimum atomic E-state index is -0.819. The SMILES string of the molecule is COC(=O)c1[nH]nc(C#N)c1C(=O)OC. The molecule has 7 heteroatoms. The molecule has 0 saturated heterocycles. The van der Waals surface area contributed by atoms with Gasteiger partial charge in [0.1, 0.15) is 11.6 Å². The maximum absolute atomic E-state index is 11.3. The van der Waals surface area contributed by atoms with Gasteiger partial charge in [0.2, 0.25) is 0 Å². The Morgan fingerprint density at radius 2 is 1.93 bits per heavy atom. The van der Waals surface area contributed by atoms with Crippen molar-refractivity contribution in [1.29, 1.82) is 5.26 Å². The molecular weight excluding hydrogens is 202 g/mol. The van der Waals surface area contributed by atoms with E-state index in [0.29, 0.717) is 0 Å². The first kappa shape index (κ1) is 10.7. The fourth-order valence-corrected chi connectivity index (χ4v) is 0.973. The summed E-state index contributed by atoms with van der Waals surface area (Å²) in [5.74, 6) is -1.61. The van der Waals surface area contributed by atoms with Crippen LogP contribution in [0.2, 0.25) is 0 Å². The van der Waals surface area contributed by atoms with E-state index in [0.717, 1.165) is 14.2 Å². The van der Waals surface area contributed by atoms with Crippen LogP contribution in [0.5, 0.6) is 0 Å². The molecule has 78 valence electrons. The summed E-state index contributed by atoms with van der Waals surface area (Å²) in [6.45, 7) is 0. The lowest BCUT2D eigenvalue weighted by Gasteiger charge is -1.99. The van der Waals surface area contributed by atoms with Gasteiger partial charge in [-0.1, -0.05) is 0 Å². The zero-order chi connectivity index (χ0) is 11.4. The molecule has 0 aliphatic rings. The third-order valence-electron chi connectivity index (χ3n) is 1.65. The van der Waals surface area contributed by atoms with Crippen molar-refractivity contribution < 1.29 is 19.1 Å². The fourth-order valence-electron chi connectivity index (χ4n) is 0.973. The van der Waals surface area contributed by atoms with Crippen LogP contribution in [0, 0.1) is 11.3 Å². The lowest BCUT2D eigenvalue weighted by molar-refractivity contribution is 0.0551. The highest BCUT2D eigenvalue weighted by Crippen LogP contribution is 2.12. The van der Waals surface area contributed by atoms with Crippen LogP contribution in [0.1, 0.15) is 26.5 Å². The molecule has 0 unspecified atom stereocenters. The Hall–Kier alpha value is -2.36. The summed E-state index contributed by atoms with van der Waals surface area (Å²) < 4.78 is 8.82. The number of nitrogens with one attached hydrogen (secondary N) is 1. The van der Waals surface area contributed by atoms with Gasteiger partial charge in [-0.05, 0) is 0 Å². The maximum atomic E-state index is 11.3. The van der Waals surface area contributed by atoms with Crippen LogP contribution in [0.25, 0.3) is 0 Å². The van der Waals surface area contributed by atoms with Gasteiger partial charge in [0.05, 0.1) is 14.2 Å². The number of nitriles is 1. The van der Waals surface area contributed by atoms with Crippen molar-refractivity contribution in [2.75, 3.05) is 14.2 Å². The third-order valence-corrected chi connectivity index (χ3v) is 1.65. The summed E-state index contributed by atoms with van der Waals surface area (Å²) in [5, 5.41) is 14.4. The van der Waals surface area contributed by atoms with E-state index >= 15 is 0 Å². The molecule has 0 spiro atoms. The minimum absolute atomic E-state index is 0.194. The summed E-state index contributed by atoms with van der Waals surface area (Å²) in [6.07, 6.45) is 0. The van der Waals surface area contributed by atoms with E-state index in [4.69, 9.17) is 5.26 Å². The lowest BCUT2D eigenvalue weighted by Crippen LogP contribution is -2.11. The first-order valence-electron chi connectivity index (χ1n) is 3.80. The predicted molar refractivity (Wildman–Crippen MR) is 46.0 cm³/mol. The summed E-state index contributed by atoms with van der Waals surface area (Å²) >= 11 is 0. The zero-order valence-electron chi connectivity index (χ0n) is 8.03. The van der Waals surface area contributed by atoms with E-state index in [1.807, 2.05) is 0 Å². The van der Waals surface area contributed by atoms with Crippen LogP contribution in [-0.2, 0) is 9.47 Å². The molecule has 7 nitrogen and oxygen atoms in total. The average Bonchev–Trinajstić information content (AvgIpc) is 2.70. The van der Waals surface area contributed by atoms with Crippen molar-refractivity contribution in [2.24, 2.45) is 0 Å². The molecule has 0 atom stereocenters. The lowest BCUT2D eigenvalue weighted by atomic mass is 10.2. The van der Waals surface area contributed by atoms with Crippen LogP contribution in [0.4, 0.5) is 0 Å². The standard InChI is InChI=1S/C8H7N3O4/c1-14-7(12)5-4(3-9)10-11-6(5)8(13)15-2/h1-2H3,(H,10,11). The number of hydrogen-bond donors (Lipinski definition) is 1. The third kappa shape index (κ3) is 1.78. The van der Waals surface area contributed by atoms with E-state index in [1.54, 1.807) is 6.07 Å². The highest BCUT2D eigenvalue weighted by atomic mass is 16.5. The average molecular weight is 209 g/mol. The highest BCUT2D eigenvalue weighted by Gasteiger charge is 2.26. The maximum Gasteiger partial charge on any atom is 0.357 e. The summed E-state index contributed by atoms with van der Waals surface area (Å²) in [5.41, 5.74) is -0.616. The number of ether oxygens (including phenoxy) is 2. The second-order valence-electron chi connectivity index (χ2n) is 2.42. The van der Waals surface area contributed by atoms with Crippen molar-refractivity contribution in [3.8, 4) is 6.07 Å². The predicted octanol–water partition coefficient (Wildman–Crippen LogP) is -0.145. The second-order valence-corrected chi connectivity index (χ2v) is 2.42.